The number of rotatable bonds is 4. The van der Waals surface area contributed by atoms with Gasteiger partial charge in [0.2, 0.25) is 6.41 Å². The van der Waals surface area contributed by atoms with Gasteiger partial charge in [-0.3, -0.25) is 9.48 Å². The Bertz CT molecular complexity index is 534. The minimum Gasteiger partial charge on any atom is -0.373 e. The molecule has 0 fully saturated rings. The van der Waals surface area contributed by atoms with Gasteiger partial charge in [0.25, 0.3) is 0 Å². The van der Waals surface area contributed by atoms with Crippen LogP contribution in [0.5, 0.6) is 0 Å². The van der Waals surface area contributed by atoms with E-state index in [1.165, 1.54) is 0 Å². The zero-order valence-corrected chi connectivity index (χ0v) is 9.64. The summed E-state index contributed by atoms with van der Waals surface area (Å²) in [5.41, 5.74) is 1.73. The summed E-state index contributed by atoms with van der Waals surface area (Å²) in [4.78, 5) is 14.5. The Kier molecular flexibility index (Phi) is 3.04. The van der Waals surface area contributed by atoms with Crippen LogP contribution in [0.25, 0.3) is 11.3 Å². The van der Waals surface area contributed by atoms with Crippen molar-refractivity contribution in [2.75, 3.05) is 17.7 Å². The minimum absolute atomic E-state index is 0.631. The van der Waals surface area contributed by atoms with Gasteiger partial charge in [0.05, 0.1) is 5.69 Å². The standard InChI is InChI=1S/C11H13N5O/c1-12-10-5-8(3-4-13-10)9-6-11(14-7-17)16(2)15-9/h3-7H,1-2H3,(H,12,13)(H,14,17). The normalized spacial score (nSPS) is 10.0. The van der Waals surface area contributed by atoms with Gasteiger partial charge in [0.1, 0.15) is 11.6 Å². The van der Waals surface area contributed by atoms with Crippen LogP contribution in [0.4, 0.5) is 11.6 Å². The van der Waals surface area contributed by atoms with Crippen molar-refractivity contribution in [1.29, 1.82) is 0 Å². The van der Waals surface area contributed by atoms with Crippen molar-refractivity contribution >= 4 is 18.0 Å². The summed E-state index contributed by atoms with van der Waals surface area (Å²) in [6.45, 7) is 0. The topological polar surface area (TPSA) is 71.8 Å². The van der Waals surface area contributed by atoms with Crippen LogP contribution in [-0.4, -0.2) is 28.2 Å². The monoisotopic (exact) mass is 231 g/mol. The van der Waals surface area contributed by atoms with Gasteiger partial charge in [-0.05, 0) is 12.1 Å². The molecule has 0 aromatic carbocycles. The number of hydrogen-bond acceptors (Lipinski definition) is 4. The predicted molar refractivity (Wildman–Crippen MR) is 65.7 cm³/mol. The zero-order chi connectivity index (χ0) is 12.3. The van der Waals surface area contributed by atoms with E-state index >= 15 is 0 Å². The molecule has 0 atom stereocenters. The van der Waals surface area contributed by atoms with Crippen LogP contribution in [0.2, 0.25) is 0 Å². The van der Waals surface area contributed by atoms with Crippen molar-refractivity contribution in [2.24, 2.45) is 7.05 Å². The molecular formula is C11H13N5O. The number of aromatic nitrogens is 3. The van der Waals surface area contributed by atoms with E-state index in [1.807, 2.05) is 25.2 Å². The molecule has 0 saturated carbocycles. The fourth-order valence-corrected chi connectivity index (χ4v) is 1.53. The molecule has 0 unspecified atom stereocenters. The lowest BCUT2D eigenvalue weighted by atomic mass is 10.2. The van der Waals surface area contributed by atoms with E-state index < -0.39 is 0 Å². The third-order valence-electron chi connectivity index (χ3n) is 2.40. The van der Waals surface area contributed by atoms with Gasteiger partial charge in [-0.15, -0.1) is 0 Å². The number of aryl methyl sites for hydroxylation is 1. The van der Waals surface area contributed by atoms with Crippen LogP contribution in [0, 0.1) is 0 Å². The highest BCUT2D eigenvalue weighted by Gasteiger charge is 2.07. The summed E-state index contributed by atoms with van der Waals surface area (Å²) >= 11 is 0. The molecule has 88 valence electrons. The molecule has 2 aromatic rings. The summed E-state index contributed by atoms with van der Waals surface area (Å²) in [6, 6.07) is 5.57. The maximum atomic E-state index is 10.4. The highest BCUT2D eigenvalue weighted by molar-refractivity contribution is 5.73. The van der Waals surface area contributed by atoms with Gasteiger partial charge in [0, 0.05) is 31.9 Å². The molecule has 6 nitrogen and oxygen atoms in total. The number of carbonyl (C=O) groups is 1. The number of anilines is 2. The van der Waals surface area contributed by atoms with Crippen molar-refractivity contribution < 1.29 is 4.79 Å². The molecule has 17 heavy (non-hydrogen) atoms. The van der Waals surface area contributed by atoms with Crippen molar-refractivity contribution in [3.05, 3.63) is 24.4 Å². The van der Waals surface area contributed by atoms with Crippen LogP contribution in [-0.2, 0) is 11.8 Å². The molecule has 0 spiro atoms. The largest absolute Gasteiger partial charge is 0.373 e. The quantitative estimate of drug-likeness (QED) is 0.773. The summed E-state index contributed by atoms with van der Waals surface area (Å²) in [6.07, 6.45) is 2.34. The summed E-state index contributed by atoms with van der Waals surface area (Å²) < 4.78 is 1.61. The SMILES string of the molecule is CNc1cc(-c2cc(NC=O)n(C)n2)ccn1. The summed E-state index contributed by atoms with van der Waals surface area (Å²) in [5, 5.41) is 9.86. The van der Waals surface area contributed by atoms with E-state index in [4.69, 9.17) is 0 Å². The average Bonchev–Trinajstić information content (AvgIpc) is 2.72. The summed E-state index contributed by atoms with van der Waals surface area (Å²) in [7, 11) is 3.58. The van der Waals surface area contributed by atoms with Crippen LogP contribution in [0.3, 0.4) is 0 Å². The smallest absolute Gasteiger partial charge is 0.212 e. The molecule has 0 aliphatic carbocycles. The molecule has 0 saturated heterocycles. The van der Waals surface area contributed by atoms with Gasteiger partial charge in [-0.2, -0.15) is 5.10 Å². The third kappa shape index (κ3) is 2.25. The van der Waals surface area contributed by atoms with Crippen molar-refractivity contribution in [1.82, 2.24) is 14.8 Å². The first-order valence-corrected chi connectivity index (χ1v) is 5.13. The van der Waals surface area contributed by atoms with Crippen molar-refractivity contribution in [2.45, 2.75) is 0 Å². The molecule has 2 heterocycles. The second-order valence-corrected chi connectivity index (χ2v) is 3.48. The molecule has 0 aliphatic rings. The third-order valence-corrected chi connectivity index (χ3v) is 2.40. The first kappa shape index (κ1) is 11.1. The van der Waals surface area contributed by atoms with Crippen LogP contribution in [0.1, 0.15) is 0 Å². The fraction of sp³-hybridized carbons (Fsp3) is 0.182. The molecule has 0 bridgehead atoms. The Morgan fingerprint density at radius 2 is 2.24 bits per heavy atom. The Morgan fingerprint density at radius 3 is 2.94 bits per heavy atom. The first-order valence-electron chi connectivity index (χ1n) is 5.13. The molecule has 0 aliphatic heterocycles. The number of amides is 1. The van der Waals surface area contributed by atoms with Gasteiger partial charge < -0.3 is 10.6 Å². The molecule has 6 heteroatoms. The Balaban J connectivity index is 2.38. The van der Waals surface area contributed by atoms with Gasteiger partial charge in [0.15, 0.2) is 0 Å². The minimum atomic E-state index is 0.631. The molecule has 0 radical (unpaired) electrons. The van der Waals surface area contributed by atoms with E-state index in [0.717, 1.165) is 17.1 Å². The van der Waals surface area contributed by atoms with E-state index in [1.54, 1.807) is 17.9 Å². The molecule has 2 rings (SSSR count). The number of carbonyl (C=O) groups excluding carboxylic acids is 1. The first-order chi connectivity index (χ1) is 8.24. The highest BCUT2D eigenvalue weighted by atomic mass is 16.1. The maximum Gasteiger partial charge on any atom is 0.212 e. The van der Waals surface area contributed by atoms with E-state index in [2.05, 4.69) is 20.7 Å². The van der Waals surface area contributed by atoms with E-state index in [0.29, 0.717) is 12.2 Å². The van der Waals surface area contributed by atoms with E-state index in [9.17, 15) is 4.79 Å². The van der Waals surface area contributed by atoms with Crippen molar-refractivity contribution in [3.63, 3.8) is 0 Å². The Labute approximate surface area is 98.7 Å². The van der Waals surface area contributed by atoms with Gasteiger partial charge >= 0.3 is 0 Å². The van der Waals surface area contributed by atoms with Gasteiger partial charge in [-0.25, -0.2) is 4.98 Å². The number of pyridine rings is 1. The second kappa shape index (κ2) is 4.65. The van der Waals surface area contributed by atoms with Gasteiger partial charge in [-0.1, -0.05) is 0 Å². The molecule has 1 amide bonds. The summed E-state index contributed by atoms with van der Waals surface area (Å²) in [5.74, 6) is 1.43. The lowest BCUT2D eigenvalue weighted by Crippen LogP contribution is -2.01. The van der Waals surface area contributed by atoms with E-state index in [-0.39, 0.29) is 0 Å². The molecule has 2 N–H and O–H groups in total. The molecule has 2 aromatic heterocycles. The Hall–Kier alpha value is -2.37. The Morgan fingerprint density at radius 1 is 1.41 bits per heavy atom. The fourth-order valence-electron chi connectivity index (χ4n) is 1.53. The average molecular weight is 231 g/mol. The second-order valence-electron chi connectivity index (χ2n) is 3.48. The van der Waals surface area contributed by atoms with Crippen LogP contribution in [0.15, 0.2) is 24.4 Å². The zero-order valence-electron chi connectivity index (χ0n) is 9.64. The number of nitrogens with zero attached hydrogens (tertiary/aromatic N) is 3. The lowest BCUT2D eigenvalue weighted by molar-refractivity contribution is -0.105. The van der Waals surface area contributed by atoms with Crippen LogP contribution < -0.4 is 10.6 Å². The van der Waals surface area contributed by atoms with Crippen LogP contribution >= 0.6 is 0 Å². The molecular weight excluding hydrogens is 218 g/mol. The predicted octanol–water partition coefficient (Wildman–Crippen LogP) is 1.09. The maximum absolute atomic E-state index is 10.4. The highest BCUT2D eigenvalue weighted by Crippen LogP contribution is 2.22. The lowest BCUT2D eigenvalue weighted by Gasteiger charge is -2.00. The number of hydrogen-bond donors (Lipinski definition) is 2. The van der Waals surface area contributed by atoms with Crippen molar-refractivity contribution in [3.8, 4) is 11.3 Å². The number of nitrogens with one attached hydrogen (secondary N) is 2.